The van der Waals surface area contributed by atoms with Crippen molar-refractivity contribution in [2.75, 3.05) is 5.32 Å². The van der Waals surface area contributed by atoms with Gasteiger partial charge >= 0.3 is 5.97 Å². The van der Waals surface area contributed by atoms with Gasteiger partial charge in [-0.1, -0.05) is 32.4 Å². The molecule has 0 spiro atoms. The van der Waals surface area contributed by atoms with Crippen LogP contribution in [0.25, 0.3) is 10.9 Å². The van der Waals surface area contributed by atoms with Crippen molar-refractivity contribution in [3.8, 4) is 0 Å². The average Bonchev–Trinajstić information content (AvgIpc) is 3.24. The number of carboxylic acid groups (broad SMARTS) is 1. The molecule has 4 aliphatic carbocycles. The standard InChI is InChI=1S/C33H45ClN2O2/c1-20(4-11-31(37)38)26-9-10-27-24-7-5-21-18-23(12-15-32(21,2)28(24)13-16-33(26,27)3)36-29-14-17-35-30-19-22(34)6-8-25(29)30/h6,8,14,17,19-21,23-24,26-28H,4-5,7,9-13,15-16,18H2,1-3H3,(H,35,36)(H,37,38)/t20-,21-,23?,24+,26?,27+,28+,32+,33-/m1/s1. The van der Waals surface area contributed by atoms with Gasteiger partial charge in [-0.05, 0) is 135 Å². The van der Waals surface area contributed by atoms with E-state index >= 15 is 0 Å². The molecule has 9 atom stereocenters. The van der Waals surface area contributed by atoms with Crippen LogP contribution in [0, 0.1) is 46.3 Å². The lowest BCUT2D eigenvalue weighted by Crippen LogP contribution is -2.54. The fourth-order valence-electron chi connectivity index (χ4n) is 10.4. The Kier molecular flexibility index (Phi) is 6.94. The first-order valence-electron chi connectivity index (χ1n) is 15.2. The Morgan fingerprint density at radius 1 is 1.08 bits per heavy atom. The average molecular weight is 537 g/mol. The van der Waals surface area contributed by atoms with Gasteiger partial charge in [-0.2, -0.15) is 0 Å². The summed E-state index contributed by atoms with van der Waals surface area (Å²) < 4.78 is 0. The smallest absolute Gasteiger partial charge is 0.303 e. The maximum atomic E-state index is 11.2. The molecule has 6 rings (SSSR count). The van der Waals surface area contributed by atoms with Crippen molar-refractivity contribution in [2.45, 2.75) is 97.4 Å². The highest BCUT2D eigenvalue weighted by atomic mass is 35.5. The summed E-state index contributed by atoms with van der Waals surface area (Å²) in [5.41, 5.74) is 3.02. The summed E-state index contributed by atoms with van der Waals surface area (Å²) in [7, 11) is 0. The predicted octanol–water partition coefficient (Wildman–Crippen LogP) is 8.83. The Morgan fingerprint density at radius 2 is 1.87 bits per heavy atom. The first-order valence-corrected chi connectivity index (χ1v) is 15.6. The quantitative estimate of drug-likeness (QED) is 0.387. The molecular formula is C33H45ClN2O2. The monoisotopic (exact) mass is 536 g/mol. The van der Waals surface area contributed by atoms with Crippen LogP contribution in [-0.4, -0.2) is 22.1 Å². The summed E-state index contributed by atoms with van der Waals surface area (Å²) in [6.45, 7) is 7.57. The molecule has 38 heavy (non-hydrogen) atoms. The van der Waals surface area contributed by atoms with E-state index in [1.165, 1.54) is 63.5 Å². The van der Waals surface area contributed by atoms with Crippen LogP contribution in [0.1, 0.15) is 91.4 Å². The Labute approximate surface area is 233 Å². The van der Waals surface area contributed by atoms with Crippen molar-refractivity contribution in [3.63, 3.8) is 0 Å². The molecule has 4 aliphatic rings. The number of rotatable bonds is 6. The second-order valence-corrected chi connectivity index (χ2v) is 14.4. The van der Waals surface area contributed by atoms with Crippen molar-refractivity contribution >= 4 is 34.2 Å². The van der Waals surface area contributed by atoms with E-state index in [4.69, 9.17) is 11.6 Å². The Morgan fingerprint density at radius 3 is 2.68 bits per heavy atom. The summed E-state index contributed by atoms with van der Waals surface area (Å²) in [5.74, 6) is 3.94. The maximum absolute atomic E-state index is 11.2. The molecule has 1 aromatic carbocycles. The van der Waals surface area contributed by atoms with Crippen LogP contribution in [0.15, 0.2) is 30.5 Å². The van der Waals surface area contributed by atoms with Crippen LogP contribution in [0.5, 0.6) is 0 Å². The minimum atomic E-state index is -0.641. The third-order valence-corrected chi connectivity index (χ3v) is 12.5. The van der Waals surface area contributed by atoms with E-state index in [1.807, 2.05) is 18.3 Å². The molecule has 2 unspecified atom stereocenters. The van der Waals surface area contributed by atoms with Crippen molar-refractivity contribution in [1.82, 2.24) is 4.98 Å². The Hall–Kier alpha value is -1.81. The zero-order chi connectivity index (χ0) is 26.7. The SMILES string of the molecule is C[C@H](CCC(=O)O)C1CC[C@H]2[C@@H]3CC[C@@H]4CC(Nc5ccnc6cc(Cl)ccc56)CC[C@]4(C)[C@H]3CC[C@]12C. The maximum Gasteiger partial charge on any atom is 0.303 e. The van der Waals surface area contributed by atoms with Gasteiger partial charge in [0.2, 0.25) is 0 Å². The number of carbonyl (C=O) groups is 1. The summed E-state index contributed by atoms with van der Waals surface area (Å²) in [4.78, 5) is 15.8. The minimum Gasteiger partial charge on any atom is -0.481 e. The van der Waals surface area contributed by atoms with Gasteiger partial charge in [0.25, 0.3) is 0 Å². The van der Waals surface area contributed by atoms with E-state index in [1.54, 1.807) is 0 Å². The van der Waals surface area contributed by atoms with E-state index in [0.717, 1.165) is 46.0 Å². The molecule has 0 radical (unpaired) electrons. The molecule has 4 nitrogen and oxygen atoms in total. The number of carboxylic acids is 1. The van der Waals surface area contributed by atoms with Gasteiger partial charge in [-0.3, -0.25) is 9.78 Å². The second kappa shape index (κ2) is 9.98. The molecule has 4 saturated carbocycles. The first-order chi connectivity index (χ1) is 18.2. The number of pyridine rings is 1. The number of hydrogen-bond acceptors (Lipinski definition) is 3. The van der Waals surface area contributed by atoms with Gasteiger partial charge in [-0.15, -0.1) is 0 Å². The molecule has 0 aliphatic heterocycles. The van der Waals surface area contributed by atoms with E-state index in [-0.39, 0.29) is 0 Å². The molecule has 1 heterocycles. The number of aromatic nitrogens is 1. The largest absolute Gasteiger partial charge is 0.481 e. The molecule has 5 heteroatoms. The van der Waals surface area contributed by atoms with Crippen LogP contribution < -0.4 is 5.32 Å². The van der Waals surface area contributed by atoms with Crippen molar-refractivity contribution in [2.24, 2.45) is 46.3 Å². The molecule has 0 bridgehead atoms. The molecule has 1 aromatic heterocycles. The molecule has 2 N–H and O–H groups in total. The highest BCUT2D eigenvalue weighted by molar-refractivity contribution is 6.31. The van der Waals surface area contributed by atoms with Gasteiger partial charge in [0, 0.05) is 34.8 Å². The van der Waals surface area contributed by atoms with Crippen LogP contribution in [0.2, 0.25) is 5.02 Å². The molecule has 0 amide bonds. The van der Waals surface area contributed by atoms with E-state index in [0.29, 0.717) is 35.1 Å². The fourth-order valence-corrected chi connectivity index (χ4v) is 10.6. The number of nitrogens with zero attached hydrogens (tertiary/aromatic N) is 1. The fraction of sp³-hybridized carbons (Fsp3) is 0.697. The lowest BCUT2D eigenvalue weighted by Gasteiger charge is -2.61. The first kappa shape index (κ1) is 26.4. The third-order valence-electron chi connectivity index (χ3n) is 12.3. The van der Waals surface area contributed by atoms with Crippen LogP contribution in [-0.2, 0) is 4.79 Å². The Balaban J connectivity index is 1.15. The predicted molar refractivity (Wildman–Crippen MR) is 155 cm³/mol. The third kappa shape index (κ3) is 4.43. The lowest BCUT2D eigenvalue weighted by atomic mass is 9.44. The van der Waals surface area contributed by atoms with Gasteiger partial charge in [0.1, 0.15) is 0 Å². The van der Waals surface area contributed by atoms with Gasteiger partial charge in [0.05, 0.1) is 5.52 Å². The van der Waals surface area contributed by atoms with E-state index in [9.17, 15) is 9.90 Å². The summed E-state index contributed by atoms with van der Waals surface area (Å²) in [6.07, 6.45) is 15.1. The normalized spacial score (nSPS) is 39.2. The molecular weight excluding hydrogens is 492 g/mol. The molecule has 206 valence electrons. The summed E-state index contributed by atoms with van der Waals surface area (Å²) >= 11 is 6.22. The number of aliphatic carboxylic acids is 1. The van der Waals surface area contributed by atoms with Crippen molar-refractivity contribution in [1.29, 1.82) is 0 Å². The summed E-state index contributed by atoms with van der Waals surface area (Å²) in [5, 5.41) is 15.1. The van der Waals surface area contributed by atoms with E-state index < -0.39 is 5.97 Å². The van der Waals surface area contributed by atoms with Crippen LogP contribution in [0.3, 0.4) is 0 Å². The zero-order valence-corrected chi connectivity index (χ0v) is 24.1. The number of halogens is 1. The topological polar surface area (TPSA) is 62.2 Å². The molecule has 4 fully saturated rings. The van der Waals surface area contributed by atoms with Gasteiger partial charge in [-0.25, -0.2) is 0 Å². The lowest BCUT2D eigenvalue weighted by molar-refractivity contribution is -0.137. The number of anilines is 1. The number of nitrogens with one attached hydrogen (secondary N) is 1. The zero-order valence-electron chi connectivity index (χ0n) is 23.4. The number of benzene rings is 1. The van der Waals surface area contributed by atoms with Crippen LogP contribution >= 0.6 is 11.6 Å². The summed E-state index contributed by atoms with van der Waals surface area (Å²) in [6, 6.07) is 8.66. The van der Waals surface area contributed by atoms with E-state index in [2.05, 4.69) is 43.2 Å². The molecule has 2 aromatic rings. The Bertz CT molecular complexity index is 1200. The van der Waals surface area contributed by atoms with Crippen molar-refractivity contribution in [3.05, 3.63) is 35.5 Å². The highest BCUT2D eigenvalue weighted by Gasteiger charge is 2.60. The van der Waals surface area contributed by atoms with Crippen LogP contribution in [0.4, 0.5) is 5.69 Å². The minimum absolute atomic E-state index is 0.322. The number of hydrogen-bond donors (Lipinski definition) is 2. The van der Waals surface area contributed by atoms with Crippen molar-refractivity contribution < 1.29 is 9.90 Å². The van der Waals surface area contributed by atoms with Gasteiger partial charge < -0.3 is 10.4 Å². The highest BCUT2D eigenvalue weighted by Crippen LogP contribution is 2.68. The van der Waals surface area contributed by atoms with Gasteiger partial charge in [0.15, 0.2) is 0 Å². The second-order valence-electron chi connectivity index (χ2n) is 13.9. The number of fused-ring (bicyclic) bond motifs is 6. The molecule has 0 saturated heterocycles.